The van der Waals surface area contributed by atoms with Gasteiger partial charge in [0.2, 0.25) is 0 Å². The molecular weight excluding hydrogens is 390 g/mol. The minimum Gasteiger partial charge on any atom is -0.493 e. The van der Waals surface area contributed by atoms with Gasteiger partial charge in [-0.3, -0.25) is 4.99 Å². The van der Waals surface area contributed by atoms with Crippen molar-refractivity contribution in [3.05, 3.63) is 44.6 Å². The highest BCUT2D eigenvalue weighted by Crippen LogP contribution is 2.33. The zero-order valence-electron chi connectivity index (χ0n) is 14.1. The van der Waals surface area contributed by atoms with E-state index in [9.17, 15) is 0 Å². The van der Waals surface area contributed by atoms with Crippen molar-refractivity contribution in [2.75, 3.05) is 27.8 Å². The highest BCUT2D eigenvalue weighted by atomic mass is 79.9. The van der Waals surface area contributed by atoms with E-state index < -0.39 is 0 Å². The van der Waals surface area contributed by atoms with Crippen molar-refractivity contribution in [3.8, 4) is 11.5 Å². The molecule has 0 fully saturated rings. The summed E-state index contributed by atoms with van der Waals surface area (Å²) in [7, 11) is 5.03. The van der Waals surface area contributed by atoms with Crippen LogP contribution >= 0.6 is 27.3 Å². The number of aliphatic imine (C=N–C) groups is 1. The van der Waals surface area contributed by atoms with Gasteiger partial charge in [0.25, 0.3) is 0 Å². The monoisotopic (exact) mass is 411 g/mol. The Hall–Kier alpha value is -1.73. The normalized spacial score (nSPS) is 11.2. The van der Waals surface area contributed by atoms with E-state index in [2.05, 4.69) is 49.1 Å². The van der Waals surface area contributed by atoms with Gasteiger partial charge < -0.3 is 20.1 Å². The van der Waals surface area contributed by atoms with Crippen LogP contribution in [-0.4, -0.2) is 33.8 Å². The average molecular weight is 412 g/mol. The fourth-order valence-corrected chi connectivity index (χ4v) is 3.36. The molecule has 1 aromatic carbocycles. The van der Waals surface area contributed by atoms with E-state index in [1.165, 1.54) is 4.88 Å². The van der Waals surface area contributed by atoms with Crippen LogP contribution in [0.15, 0.2) is 39.1 Å². The summed E-state index contributed by atoms with van der Waals surface area (Å²) in [5.41, 5.74) is 1.06. The van der Waals surface area contributed by atoms with Gasteiger partial charge in [0, 0.05) is 29.5 Å². The molecule has 0 atom stereocenters. The standard InChI is InChI=1S/C17H22BrN3O2S/c1-19-17(20-7-6-13-5-4-8-24-13)21-11-12-9-15(22-2)16(23-3)10-14(12)18/h4-5,8-10H,6-7,11H2,1-3H3,(H2,19,20,21). The molecule has 0 bridgehead atoms. The Morgan fingerprint density at radius 1 is 1.21 bits per heavy atom. The van der Waals surface area contributed by atoms with E-state index in [0.29, 0.717) is 18.0 Å². The van der Waals surface area contributed by atoms with E-state index in [1.54, 1.807) is 32.6 Å². The molecule has 1 heterocycles. The predicted octanol–water partition coefficient (Wildman–Crippen LogP) is 3.44. The number of nitrogens with one attached hydrogen (secondary N) is 2. The lowest BCUT2D eigenvalue weighted by Gasteiger charge is -2.15. The van der Waals surface area contributed by atoms with Gasteiger partial charge in [0.05, 0.1) is 14.2 Å². The average Bonchev–Trinajstić information content (AvgIpc) is 3.11. The molecule has 0 aliphatic heterocycles. The Morgan fingerprint density at radius 3 is 2.58 bits per heavy atom. The van der Waals surface area contributed by atoms with Crippen molar-refractivity contribution >= 4 is 33.2 Å². The lowest BCUT2D eigenvalue weighted by Crippen LogP contribution is -2.37. The highest BCUT2D eigenvalue weighted by molar-refractivity contribution is 9.10. The topological polar surface area (TPSA) is 54.9 Å². The molecule has 2 aromatic rings. The van der Waals surface area contributed by atoms with Crippen LogP contribution in [0, 0.1) is 0 Å². The van der Waals surface area contributed by atoms with E-state index in [0.717, 1.165) is 29.0 Å². The summed E-state index contributed by atoms with van der Waals surface area (Å²) in [6.45, 7) is 1.47. The number of hydrogen-bond donors (Lipinski definition) is 2. The number of hydrogen-bond acceptors (Lipinski definition) is 4. The molecule has 0 saturated heterocycles. The number of rotatable bonds is 7. The Bertz CT molecular complexity index is 675. The summed E-state index contributed by atoms with van der Waals surface area (Å²) in [5, 5.41) is 8.73. The molecule has 0 radical (unpaired) electrons. The maximum Gasteiger partial charge on any atom is 0.191 e. The second-order valence-electron chi connectivity index (χ2n) is 4.98. The van der Waals surface area contributed by atoms with Crippen molar-refractivity contribution in [1.29, 1.82) is 0 Å². The summed E-state index contributed by atoms with van der Waals surface area (Å²) in [4.78, 5) is 5.62. The molecular formula is C17H22BrN3O2S. The third-order valence-corrected chi connectivity index (χ3v) is 5.14. The van der Waals surface area contributed by atoms with Crippen LogP contribution in [0.2, 0.25) is 0 Å². The quantitative estimate of drug-likeness (QED) is 0.541. The lowest BCUT2D eigenvalue weighted by atomic mass is 10.2. The third kappa shape index (κ3) is 5.14. The maximum absolute atomic E-state index is 5.35. The van der Waals surface area contributed by atoms with E-state index in [4.69, 9.17) is 9.47 Å². The van der Waals surface area contributed by atoms with Crippen molar-refractivity contribution in [2.45, 2.75) is 13.0 Å². The zero-order chi connectivity index (χ0) is 17.4. The molecule has 130 valence electrons. The largest absolute Gasteiger partial charge is 0.493 e. The fourth-order valence-electron chi connectivity index (χ4n) is 2.19. The van der Waals surface area contributed by atoms with E-state index in [-0.39, 0.29) is 0 Å². The molecule has 0 aliphatic carbocycles. The second kappa shape index (κ2) is 9.54. The Labute approximate surface area is 155 Å². The molecule has 0 amide bonds. The van der Waals surface area contributed by atoms with Crippen molar-refractivity contribution < 1.29 is 9.47 Å². The van der Waals surface area contributed by atoms with Crippen LogP contribution in [0.4, 0.5) is 0 Å². The molecule has 1 aromatic heterocycles. The minimum atomic E-state index is 0.625. The Balaban J connectivity index is 1.90. The van der Waals surface area contributed by atoms with Crippen LogP contribution < -0.4 is 20.1 Å². The number of guanidine groups is 1. The number of halogens is 1. The summed E-state index contributed by atoms with van der Waals surface area (Å²) < 4.78 is 11.6. The molecule has 24 heavy (non-hydrogen) atoms. The molecule has 7 heteroatoms. The van der Waals surface area contributed by atoms with Crippen LogP contribution in [0.25, 0.3) is 0 Å². The van der Waals surface area contributed by atoms with Gasteiger partial charge in [-0.2, -0.15) is 0 Å². The van der Waals surface area contributed by atoms with E-state index >= 15 is 0 Å². The van der Waals surface area contributed by atoms with E-state index in [1.807, 2.05) is 12.1 Å². The Kier molecular flexibility index (Phi) is 7.39. The number of nitrogens with zero attached hydrogens (tertiary/aromatic N) is 1. The first-order chi connectivity index (χ1) is 11.7. The van der Waals surface area contributed by atoms with Gasteiger partial charge in [-0.05, 0) is 35.6 Å². The molecule has 0 aliphatic rings. The summed E-state index contributed by atoms with van der Waals surface area (Å²) in [6.07, 6.45) is 0.985. The van der Waals surface area contributed by atoms with Gasteiger partial charge in [-0.25, -0.2) is 0 Å². The molecule has 0 unspecified atom stereocenters. The number of ether oxygens (including phenoxy) is 2. The molecule has 5 nitrogen and oxygen atoms in total. The first-order valence-corrected chi connectivity index (χ1v) is 9.22. The van der Waals surface area contributed by atoms with Crippen LogP contribution in [0.1, 0.15) is 10.4 Å². The van der Waals surface area contributed by atoms with Gasteiger partial charge >= 0.3 is 0 Å². The summed E-state index contributed by atoms with van der Waals surface area (Å²) in [5.74, 6) is 2.18. The van der Waals surface area contributed by atoms with Gasteiger partial charge in [0.15, 0.2) is 17.5 Å². The van der Waals surface area contributed by atoms with Crippen LogP contribution in [0.5, 0.6) is 11.5 Å². The molecule has 0 spiro atoms. The van der Waals surface area contributed by atoms with Crippen LogP contribution in [-0.2, 0) is 13.0 Å². The van der Waals surface area contributed by atoms with Gasteiger partial charge in [0.1, 0.15) is 0 Å². The minimum absolute atomic E-state index is 0.625. The fraction of sp³-hybridized carbons (Fsp3) is 0.353. The first kappa shape index (κ1) is 18.6. The SMILES string of the molecule is CN=C(NCCc1cccs1)NCc1cc(OC)c(OC)cc1Br. The van der Waals surface area contributed by atoms with Crippen molar-refractivity contribution in [1.82, 2.24) is 10.6 Å². The number of benzene rings is 1. The van der Waals surface area contributed by atoms with Crippen molar-refractivity contribution in [2.24, 2.45) is 4.99 Å². The summed E-state index contributed by atoms with van der Waals surface area (Å²) in [6, 6.07) is 8.07. The third-order valence-electron chi connectivity index (χ3n) is 3.47. The maximum atomic E-state index is 5.35. The first-order valence-electron chi connectivity index (χ1n) is 7.55. The van der Waals surface area contributed by atoms with Crippen molar-refractivity contribution in [3.63, 3.8) is 0 Å². The highest BCUT2D eigenvalue weighted by Gasteiger charge is 2.10. The number of thiophene rings is 1. The summed E-state index contributed by atoms with van der Waals surface area (Å²) >= 11 is 5.34. The molecule has 2 N–H and O–H groups in total. The zero-order valence-corrected chi connectivity index (χ0v) is 16.5. The molecule has 2 rings (SSSR count). The van der Waals surface area contributed by atoms with Gasteiger partial charge in [-0.15, -0.1) is 11.3 Å². The molecule has 0 saturated carbocycles. The van der Waals surface area contributed by atoms with Crippen LogP contribution in [0.3, 0.4) is 0 Å². The second-order valence-corrected chi connectivity index (χ2v) is 6.87. The predicted molar refractivity (Wildman–Crippen MR) is 103 cm³/mol. The number of methoxy groups -OCH3 is 2. The van der Waals surface area contributed by atoms with Gasteiger partial charge in [-0.1, -0.05) is 22.0 Å². The Morgan fingerprint density at radius 2 is 1.96 bits per heavy atom. The smallest absolute Gasteiger partial charge is 0.191 e. The lowest BCUT2D eigenvalue weighted by molar-refractivity contribution is 0.354.